The van der Waals surface area contributed by atoms with E-state index in [4.69, 9.17) is 21.5 Å². The molecule has 2 aliphatic heterocycles. The number of para-hydroxylation sites is 1. The van der Waals surface area contributed by atoms with Gasteiger partial charge >= 0.3 is 0 Å². The summed E-state index contributed by atoms with van der Waals surface area (Å²) in [5, 5.41) is 10.1. The first-order chi connectivity index (χ1) is 11.1. The number of hydrogen-bond acceptors (Lipinski definition) is 5. The monoisotopic (exact) mass is 338 g/mol. The minimum Gasteiger partial charge on any atom is -0.396 e. The molecule has 23 heavy (non-hydrogen) atoms. The van der Waals surface area contributed by atoms with Gasteiger partial charge in [0.2, 0.25) is 5.91 Å². The molecule has 0 bridgehead atoms. The zero-order chi connectivity index (χ0) is 16.6. The smallest absolute Gasteiger partial charge is 0.265 e. The summed E-state index contributed by atoms with van der Waals surface area (Å²) in [5.41, 5.74) is 0.545. The molecule has 0 radical (unpaired) electrons. The average Bonchev–Trinajstić information content (AvgIpc) is 3.01. The highest BCUT2D eigenvalue weighted by Gasteiger charge is 2.60. The number of amides is 2. The molecule has 0 spiro atoms. The number of anilines is 1. The Morgan fingerprint density at radius 1 is 1.26 bits per heavy atom. The molecule has 124 valence electrons. The Kier molecular flexibility index (Phi) is 4.68. The Hall–Kier alpha value is -1.47. The molecule has 2 amide bonds. The van der Waals surface area contributed by atoms with Crippen molar-refractivity contribution in [3.05, 3.63) is 30.3 Å². The summed E-state index contributed by atoms with van der Waals surface area (Å²) in [6.07, 6.45) is 0.264. The van der Waals surface area contributed by atoms with Crippen LogP contribution in [0.1, 0.15) is 12.8 Å². The first kappa shape index (κ1) is 16.4. The molecule has 0 saturated carbocycles. The lowest BCUT2D eigenvalue weighted by atomic mass is 9.92. The van der Waals surface area contributed by atoms with E-state index in [1.54, 1.807) is 31.3 Å². The second kappa shape index (κ2) is 6.57. The van der Waals surface area contributed by atoms with Crippen molar-refractivity contribution in [2.24, 2.45) is 5.92 Å². The van der Waals surface area contributed by atoms with Crippen LogP contribution in [0.3, 0.4) is 0 Å². The van der Waals surface area contributed by atoms with E-state index < -0.39 is 18.1 Å². The van der Waals surface area contributed by atoms with Gasteiger partial charge in [-0.2, -0.15) is 5.06 Å². The zero-order valence-electron chi connectivity index (χ0n) is 12.8. The Morgan fingerprint density at radius 2 is 1.96 bits per heavy atom. The number of benzene rings is 1. The molecule has 1 aromatic rings. The molecule has 6 nitrogen and oxygen atoms in total. The highest BCUT2D eigenvalue weighted by molar-refractivity contribution is 6.25. The van der Waals surface area contributed by atoms with E-state index in [-0.39, 0.29) is 23.8 Å². The maximum absolute atomic E-state index is 12.8. The number of rotatable bonds is 5. The number of carbonyl (C=O) groups is 2. The van der Waals surface area contributed by atoms with Gasteiger partial charge in [-0.15, -0.1) is 11.6 Å². The first-order valence-corrected chi connectivity index (χ1v) is 8.07. The second-order valence-electron chi connectivity index (χ2n) is 5.82. The zero-order valence-corrected chi connectivity index (χ0v) is 13.5. The van der Waals surface area contributed by atoms with Crippen molar-refractivity contribution in [1.29, 1.82) is 0 Å². The number of imide groups is 1. The second-order valence-corrected chi connectivity index (χ2v) is 6.38. The van der Waals surface area contributed by atoms with Gasteiger partial charge in [-0.05, 0) is 25.0 Å². The van der Waals surface area contributed by atoms with E-state index in [1.807, 2.05) is 6.07 Å². The number of aliphatic hydroxyl groups is 1. The van der Waals surface area contributed by atoms with Crippen molar-refractivity contribution >= 4 is 29.1 Å². The summed E-state index contributed by atoms with van der Waals surface area (Å²) in [4.78, 5) is 32.2. The van der Waals surface area contributed by atoms with Gasteiger partial charge in [-0.3, -0.25) is 14.4 Å². The largest absolute Gasteiger partial charge is 0.396 e. The van der Waals surface area contributed by atoms with Crippen LogP contribution in [0.25, 0.3) is 0 Å². The van der Waals surface area contributed by atoms with Gasteiger partial charge in [0.15, 0.2) is 6.10 Å². The molecule has 0 aliphatic carbocycles. The molecule has 2 fully saturated rings. The van der Waals surface area contributed by atoms with E-state index >= 15 is 0 Å². The summed E-state index contributed by atoms with van der Waals surface area (Å²) < 4.78 is 0. The molecule has 2 saturated heterocycles. The van der Waals surface area contributed by atoms with Gasteiger partial charge in [0.1, 0.15) is 0 Å². The number of nitrogens with zero attached hydrogens (tertiary/aromatic N) is 2. The molecule has 0 aromatic heterocycles. The van der Waals surface area contributed by atoms with Gasteiger partial charge in [0.05, 0.1) is 23.0 Å². The fourth-order valence-electron chi connectivity index (χ4n) is 3.32. The highest BCUT2D eigenvalue weighted by atomic mass is 35.5. The fraction of sp³-hybridized carbons (Fsp3) is 0.500. The van der Waals surface area contributed by atoms with Crippen LogP contribution in [0, 0.1) is 5.92 Å². The summed E-state index contributed by atoms with van der Waals surface area (Å²) >= 11 is 6.42. The highest BCUT2D eigenvalue weighted by Crippen LogP contribution is 2.40. The third-order valence-electron chi connectivity index (χ3n) is 4.39. The lowest BCUT2D eigenvalue weighted by Crippen LogP contribution is -2.43. The standard InChI is InChI=1S/C16H19ClN2O4/c1-18-13(11(17)8-5-9-20)12-14(23-18)16(22)19(15(12)21)10-6-3-2-4-7-10/h2-4,6-7,11-14,20H,5,8-9H2,1H3/t11-,12+,13-,14-/m1/s1. The lowest BCUT2D eigenvalue weighted by Gasteiger charge is -2.27. The van der Waals surface area contributed by atoms with Crippen molar-refractivity contribution in [3.63, 3.8) is 0 Å². The normalized spacial score (nSPS) is 29.2. The Labute approximate surface area is 139 Å². The minimum atomic E-state index is -0.826. The van der Waals surface area contributed by atoms with Gasteiger partial charge < -0.3 is 5.11 Å². The number of fused-ring (bicyclic) bond motifs is 1. The van der Waals surface area contributed by atoms with Crippen molar-refractivity contribution in [1.82, 2.24) is 5.06 Å². The molecule has 4 atom stereocenters. The predicted octanol–water partition coefficient (Wildman–Crippen LogP) is 1.17. The van der Waals surface area contributed by atoms with Crippen molar-refractivity contribution < 1.29 is 19.5 Å². The SMILES string of the molecule is CN1O[C@H]2C(=O)N(c3ccccc3)C(=O)[C@H]2[C@H]1[C@H](Cl)CCCO. The summed E-state index contributed by atoms with van der Waals surface area (Å²) in [6.45, 7) is 0.0393. The van der Waals surface area contributed by atoms with E-state index in [2.05, 4.69) is 0 Å². The summed E-state index contributed by atoms with van der Waals surface area (Å²) in [6, 6.07) is 8.43. The van der Waals surface area contributed by atoms with Crippen LogP contribution >= 0.6 is 11.6 Å². The van der Waals surface area contributed by atoms with E-state index in [1.165, 1.54) is 9.96 Å². The van der Waals surface area contributed by atoms with Crippen LogP contribution in [0.15, 0.2) is 30.3 Å². The predicted molar refractivity (Wildman–Crippen MR) is 84.8 cm³/mol. The molecule has 2 aliphatic rings. The summed E-state index contributed by atoms with van der Waals surface area (Å²) in [5.74, 6) is -1.25. The van der Waals surface area contributed by atoms with Gasteiger partial charge in [-0.25, -0.2) is 4.90 Å². The Bertz CT molecular complexity index is 597. The molecule has 1 N–H and O–H groups in total. The number of alkyl halides is 1. The molecule has 7 heteroatoms. The number of halogens is 1. The minimum absolute atomic E-state index is 0.0393. The topological polar surface area (TPSA) is 70.1 Å². The van der Waals surface area contributed by atoms with Crippen LogP contribution in [0.2, 0.25) is 0 Å². The first-order valence-electron chi connectivity index (χ1n) is 7.63. The maximum atomic E-state index is 12.8. The molecular weight excluding hydrogens is 320 g/mol. The van der Waals surface area contributed by atoms with Crippen molar-refractivity contribution in [2.75, 3.05) is 18.6 Å². The molecule has 1 aromatic carbocycles. The number of carbonyl (C=O) groups excluding carboxylic acids is 2. The van der Waals surface area contributed by atoms with Crippen LogP contribution in [-0.2, 0) is 14.4 Å². The van der Waals surface area contributed by atoms with Crippen LogP contribution in [-0.4, -0.2) is 53.2 Å². The third-order valence-corrected chi connectivity index (χ3v) is 4.86. The number of aliphatic hydroxyl groups excluding tert-OH is 1. The molecule has 0 unspecified atom stereocenters. The van der Waals surface area contributed by atoms with Crippen molar-refractivity contribution in [3.8, 4) is 0 Å². The van der Waals surface area contributed by atoms with Crippen LogP contribution in [0.5, 0.6) is 0 Å². The third kappa shape index (κ3) is 2.76. The quantitative estimate of drug-likeness (QED) is 0.644. The number of hydroxylamine groups is 2. The molecule has 3 rings (SSSR count). The maximum Gasteiger partial charge on any atom is 0.265 e. The van der Waals surface area contributed by atoms with Gasteiger partial charge in [0.25, 0.3) is 5.91 Å². The van der Waals surface area contributed by atoms with E-state index in [0.717, 1.165) is 0 Å². The molecular formula is C16H19ClN2O4. The Morgan fingerprint density at radius 3 is 2.61 bits per heavy atom. The van der Waals surface area contributed by atoms with Gasteiger partial charge in [0, 0.05) is 13.7 Å². The fourth-order valence-corrected chi connectivity index (χ4v) is 3.79. The van der Waals surface area contributed by atoms with E-state index in [0.29, 0.717) is 18.5 Å². The van der Waals surface area contributed by atoms with Crippen molar-refractivity contribution in [2.45, 2.75) is 30.4 Å². The number of hydrogen-bond donors (Lipinski definition) is 1. The molecule has 2 heterocycles. The van der Waals surface area contributed by atoms with Crippen LogP contribution in [0.4, 0.5) is 5.69 Å². The Balaban J connectivity index is 1.86. The lowest BCUT2D eigenvalue weighted by molar-refractivity contribution is -0.160. The van der Waals surface area contributed by atoms with E-state index in [9.17, 15) is 9.59 Å². The summed E-state index contributed by atoms with van der Waals surface area (Å²) in [7, 11) is 1.69. The van der Waals surface area contributed by atoms with Crippen LogP contribution < -0.4 is 4.90 Å². The average molecular weight is 339 g/mol. The van der Waals surface area contributed by atoms with Gasteiger partial charge in [-0.1, -0.05) is 18.2 Å².